The van der Waals surface area contributed by atoms with Gasteiger partial charge < -0.3 is 13.9 Å². The number of alkyl halides is 3. The van der Waals surface area contributed by atoms with Crippen molar-refractivity contribution >= 4 is 6.29 Å². The van der Waals surface area contributed by atoms with Gasteiger partial charge in [0.1, 0.15) is 30.2 Å². The summed E-state index contributed by atoms with van der Waals surface area (Å²) < 4.78 is 50.4. The van der Waals surface area contributed by atoms with E-state index in [1.54, 1.807) is 0 Å². The zero-order valence-corrected chi connectivity index (χ0v) is 17.8. The van der Waals surface area contributed by atoms with Crippen LogP contribution >= 0.6 is 0 Å². The van der Waals surface area contributed by atoms with Gasteiger partial charge in [-0.05, 0) is 54.8 Å². The second kappa shape index (κ2) is 9.41. The van der Waals surface area contributed by atoms with Crippen LogP contribution in [-0.2, 0) is 24.0 Å². The lowest BCUT2D eigenvalue weighted by Gasteiger charge is -2.10. The second-order valence-corrected chi connectivity index (χ2v) is 7.81. The molecule has 2 aromatic carbocycles. The number of ether oxygens (including phenoxy) is 1. The zero-order valence-electron chi connectivity index (χ0n) is 17.8. The molecule has 0 bridgehead atoms. The summed E-state index contributed by atoms with van der Waals surface area (Å²) >= 11 is 0. The van der Waals surface area contributed by atoms with E-state index in [-0.39, 0.29) is 12.5 Å². The van der Waals surface area contributed by atoms with Gasteiger partial charge in [0.25, 0.3) is 0 Å². The van der Waals surface area contributed by atoms with Gasteiger partial charge in [0, 0.05) is 23.5 Å². The van der Waals surface area contributed by atoms with Crippen LogP contribution in [-0.4, -0.2) is 6.29 Å². The van der Waals surface area contributed by atoms with Crippen LogP contribution in [0.3, 0.4) is 0 Å². The summed E-state index contributed by atoms with van der Waals surface area (Å²) in [7, 11) is 0. The maximum atomic E-state index is 12.8. The number of carbonyl (C=O) groups is 1. The molecule has 0 atom stereocenters. The Morgan fingerprint density at radius 3 is 2.32 bits per heavy atom. The molecule has 0 radical (unpaired) electrons. The van der Waals surface area contributed by atoms with Gasteiger partial charge in [0.15, 0.2) is 0 Å². The molecule has 0 N–H and O–H groups in total. The van der Waals surface area contributed by atoms with E-state index in [1.165, 1.54) is 12.1 Å². The van der Waals surface area contributed by atoms with Crippen molar-refractivity contribution in [2.75, 3.05) is 0 Å². The van der Waals surface area contributed by atoms with Crippen molar-refractivity contribution in [3.8, 4) is 17.1 Å². The standard InChI is InChI=1S/C25H25F3O3/c1-16(2)24-20(15-30-22-11-8-18(5-4-12-29)17(3)13-22)14-23(31-24)19-6-9-21(10-7-19)25(26,27)28/h6-14,16H,4-5,15H2,1-3H3. The molecule has 0 aliphatic carbocycles. The Morgan fingerprint density at radius 1 is 1.03 bits per heavy atom. The quantitative estimate of drug-likeness (QED) is 0.358. The molecule has 31 heavy (non-hydrogen) atoms. The number of hydrogen-bond acceptors (Lipinski definition) is 3. The molecule has 1 aromatic heterocycles. The Labute approximate surface area is 179 Å². The van der Waals surface area contributed by atoms with Crippen molar-refractivity contribution in [1.29, 1.82) is 0 Å². The third-order valence-corrected chi connectivity index (χ3v) is 5.10. The summed E-state index contributed by atoms with van der Waals surface area (Å²) in [6.45, 7) is 6.24. The topological polar surface area (TPSA) is 39.4 Å². The first-order chi connectivity index (χ1) is 14.7. The molecule has 3 rings (SSSR count). The lowest BCUT2D eigenvalue weighted by Crippen LogP contribution is -2.03. The van der Waals surface area contributed by atoms with Crippen molar-refractivity contribution in [2.45, 2.75) is 52.3 Å². The van der Waals surface area contributed by atoms with Gasteiger partial charge in [-0.15, -0.1) is 0 Å². The molecule has 6 heteroatoms. The van der Waals surface area contributed by atoms with Gasteiger partial charge in [0.05, 0.1) is 5.56 Å². The Kier molecular flexibility index (Phi) is 6.88. The molecule has 0 saturated heterocycles. The Balaban J connectivity index is 1.78. The van der Waals surface area contributed by atoms with Gasteiger partial charge in [-0.2, -0.15) is 13.2 Å². The van der Waals surface area contributed by atoms with Gasteiger partial charge in [-0.3, -0.25) is 0 Å². The summed E-state index contributed by atoms with van der Waals surface area (Å²) in [4.78, 5) is 10.6. The largest absolute Gasteiger partial charge is 0.489 e. The maximum absolute atomic E-state index is 12.8. The number of hydrogen-bond donors (Lipinski definition) is 0. The SMILES string of the molecule is Cc1cc(OCc2cc(-c3ccc(C(F)(F)F)cc3)oc2C(C)C)ccc1CCC=O. The average Bonchev–Trinajstić information content (AvgIpc) is 3.16. The van der Waals surface area contributed by atoms with Crippen molar-refractivity contribution in [3.63, 3.8) is 0 Å². The molecule has 0 aliphatic rings. The number of aldehydes is 1. The minimum Gasteiger partial charge on any atom is -0.489 e. The van der Waals surface area contributed by atoms with Gasteiger partial charge >= 0.3 is 6.18 Å². The van der Waals surface area contributed by atoms with E-state index in [1.807, 2.05) is 45.0 Å². The lowest BCUT2D eigenvalue weighted by atomic mass is 10.0. The molecule has 1 heterocycles. The fourth-order valence-corrected chi connectivity index (χ4v) is 3.42. The number of halogens is 3. The first kappa shape index (κ1) is 22.7. The van der Waals surface area contributed by atoms with E-state index in [4.69, 9.17) is 9.15 Å². The van der Waals surface area contributed by atoms with Crippen LogP contribution in [0.2, 0.25) is 0 Å². The van der Waals surface area contributed by atoms with Crippen LogP contribution in [0.4, 0.5) is 13.2 Å². The minimum absolute atomic E-state index is 0.0919. The number of carbonyl (C=O) groups excluding carboxylic acids is 1. The van der Waals surface area contributed by atoms with E-state index in [0.717, 1.165) is 40.9 Å². The highest BCUT2D eigenvalue weighted by Crippen LogP contribution is 2.34. The van der Waals surface area contributed by atoms with Crippen LogP contribution in [0, 0.1) is 6.92 Å². The fourth-order valence-electron chi connectivity index (χ4n) is 3.42. The second-order valence-electron chi connectivity index (χ2n) is 7.81. The lowest BCUT2D eigenvalue weighted by molar-refractivity contribution is -0.137. The summed E-state index contributed by atoms with van der Waals surface area (Å²) in [5, 5.41) is 0. The minimum atomic E-state index is -4.37. The highest BCUT2D eigenvalue weighted by atomic mass is 19.4. The molecular weight excluding hydrogens is 405 g/mol. The van der Waals surface area contributed by atoms with Crippen LogP contribution in [0.5, 0.6) is 5.75 Å². The summed E-state index contributed by atoms with van der Waals surface area (Å²) in [5.41, 5.74) is 2.91. The smallest absolute Gasteiger partial charge is 0.416 e. The molecule has 0 saturated carbocycles. The highest BCUT2D eigenvalue weighted by molar-refractivity contribution is 5.59. The number of furan rings is 1. The molecule has 164 valence electrons. The molecular formula is C25H25F3O3. The van der Waals surface area contributed by atoms with Crippen molar-refractivity contribution in [2.24, 2.45) is 0 Å². The van der Waals surface area contributed by atoms with Gasteiger partial charge in [0.2, 0.25) is 0 Å². The van der Waals surface area contributed by atoms with Crippen molar-refractivity contribution in [3.05, 3.63) is 76.5 Å². The maximum Gasteiger partial charge on any atom is 0.416 e. The predicted molar refractivity (Wildman–Crippen MR) is 113 cm³/mol. The summed E-state index contributed by atoms with van der Waals surface area (Å²) in [6.07, 6.45) is -2.28. The third-order valence-electron chi connectivity index (χ3n) is 5.10. The Hall–Kier alpha value is -3.02. The van der Waals surface area contributed by atoms with Crippen LogP contribution in [0.1, 0.15) is 54.2 Å². The number of rotatable bonds is 8. The van der Waals surface area contributed by atoms with Gasteiger partial charge in [-0.25, -0.2) is 0 Å². The molecule has 0 fully saturated rings. The molecule has 0 unspecified atom stereocenters. The fraction of sp³-hybridized carbons (Fsp3) is 0.320. The molecule has 3 aromatic rings. The van der Waals surface area contributed by atoms with E-state index in [0.29, 0.717) is 29.9 Å². The molecule has 0 aliphatic heterocycles. The average molecular weight is 430 g/mol. The van der Waals surface area contributed by atoms with Crippen molar-refractivity contribution in [1.82, 2.24) is 0 Å². The predicted octanol–water partition coefficient (Wildman–Crippen LogP) is 7.11. The first-order valence-electron chi connectivity index (χ1n) is 10.1. The number of aryl methyl sites for hydroxylation is 2. The van der Waals surface area contributed by atoms with E-state index in [2.05, 4.69) is 0 Å². The Bertz CT molecular complexity index is 1030. The van der Waals surface area contributed by atoms with Gasteiger partial charge in [-0.1, -0.05) is 32.0 Å². The summed E-state index contributed by atoms with van der Waals surface area (Å²) in [5.74, 6) is 2.05. The molecule has 3 nitrogen and oxygen atoms in total. The highest BCUT2D eigenvalue weighted by Gasteiger charge is 2.30. The summed E-state index contributed by atoms with van der Waals surface area (Å²) in [6, 6.07) is 12.5. The van der Waals surface area contributed by atoms with Crippen LogP contribution in [0.25, 0.3) is 11.3 Å². The number of benzene rings is 2. The van der Waals surface area contributed by atoms with Crippen LogP contribution in [0.15, 0.2) is 52.9 Å². The zero-order chi connectivity index (χ0) is 22.6. The first-order valence-corrected chi connectivity index (χ1v) is 10.1. The Morgan fingerprint density at radius 2 is 1.74 bits per heavy atom. The third kappa shape index (κ3) is 5.57. The van der Waals surface area contributed by atoms with E-state index < -0.39 is 11.7 Å². The normalized spacial score (nSPS) is 11.7. The molecule has 0 spiro atoms. The monoisotopic (exact) mass is 430 g/mol. The molecule has 0 amide bonds. The van der Waals surface area contributed by atoms with Crippen molar-refractivity contribution < 1.29 is 27.1 Å². The van der Waals surface area contributed by atoms with E-state index in [9.17, 15) is 18.0 Å². The van der Waals surface area contributed by atoms with E-state index >= 15 is 0 Å². The van der Waals surface area contributed by atoms with Crippen LogP contribution < -0.4 is 4.74 Å².